The second-order valence-corrected chi connectivity index (χ2v) is 2.59. The second kappa shape index (κ2) is 4.00. The molecule has 0 aliphatic heterocycles. The molecular formula is C9H10O4. The quantitative estimate of drug-likeness (QED) is 0.552. The molecule has 1 N–H and O–H groups in total. The van der Waals surface area contributed by atoms with Gasteiger partial charge in [0.25, 0.3) is 5.78 Å². The minimum absolute atomic E-state index is 0.0301. The van der Waals surface area contributed by atoms with E-state index in [2.05, 4.69) is 0 Å². The average molecular weight is 182 g/mol. The number of hydrogen-bond acceptors (Lipinski definition) is 4. The van der Waals surface area contributed by atoms with Crippen molar-refractivity contribution in [1.82, 2.24) is 0 Å². The number of aliphatic hydroxyl groups is 1. The fourth-order valence-corrected chi connectivity index (χ4v) is 0.866. The van der Waals surface area contributed by atoms with Crippen LogP contribution in [0.3, 0.4) is 0 Å². The van der Waals surface area contributed by atoms with E-state index in [4.69, 9.17) is 9.52 Å². The van der Waals surface area contributed by atoms with Crippen molar-refractivity contribution < 1.29 is 19.1 Å². The summed E-state index contributed by atoms with van der Waals surface area (Å²) in [5, 5.41) is 9.08. The van der Waals surface area contributed by atoms with Crippen LogP contribution >= 0.6 is 0 Å². The Labute approximate surface area is 75.2 Å². The summed E-state index contributed by atoms with van der Waals surface area (Å²) in [6.45, 7) is 1.62. The van der Waals surface area contributed by atoms with Gasteiger partial charge >= 0.3 is 0 Å². The number of ketones is 2. The zero-order valence-corrected chi connectivity index (χ0v) is 7.19. The molecule has 0 fully saturated rings. The van der Waals surface area contributed by atoms with E-state index in [9.17, 15) is 9.59 Å². The SMILES string of the molecule is CCC(O)C(=O)C(=O)c1ccco1. The predicted octanol–water partition coefficient (Wildman–Crippen LogP) is 0.802. The topological polar surface area (TPSA) is 67.5 Å². The fourth-order valence-electron chi connectivity index (χ4n) is 0.866. The normalized spacial score (nSPS) is 12.5. The zero-order chi connectivity index (χ0) is 9.84. The first-order valence-electron chi connectivity index (χ1n) is 3.97. The number of aliphatic hydroxyl groups excluding tert-OH is 1. The van der Waals surface area contributed by atoms with E-state index in [0.717, 1.165) is 0 Å². The molecule has 70 valence electrons. The van der Waals surface area contributed by atoms with Crippen molar-refractivity contribution in [2.24, 2.45) is 0 Å². The Morgan fingerprint density at radius 1 is 1.62 bits per heavy atom. The predicted molar refractivity (Wildman–Crippen MR) is 44.3 cm³/mol. The Bertz CT molecular complexity index is 299. The number of Topliss-reactive ketones (excluding diaryl/α,β-unsaturated/α-hetero) is 2. The van der Waals surface area contributed by atoms with Gasteiger partial charge in [-0.05, 0) is 18.6 Å². The Morgan fingerprint density at radius 2 is 2.31 bits per heavy atom. The maximum atomic E-state index is 11.2. The smallest absolute Gasteiger partial charge is 0.266 e. The molecule has 4 heteroatoms. The fraction of sp³-hybridized carbons (Fsp3) is 0.333. The second-order valence-electron chi connectivity index (χ2n) is 2.59. The summed E-state index contributed by atoms with van der Waals surface area (Å²) >= 11 is 0. The summed E-state index contributed by atoms with van der Waals surface area (Å²) in [6.07, 6.45) is 0.307. The molecule has 0 aliphatic rings. The summed E-state index contributed by atoms with van der Waals surface area (Å²) in [5.41, 5.74) is 0. The van der Waals surface area contributed by atoms with Gasteiger partial charge in [-0.15, -0.1) is 0 Å². The molecule has 1 rings (SSSR count). The standard InChI is InChI=1S/C9H10O4/c1-2-6(10)8(11)9(12)7-4-3-5-13-7/h3-6,10H,2H2,1H3. The van der Waals surface area contributed by atoms with E-state index in [1.54, 1.807) is 6.92 Å². The number of hydrogen-bond donors (Lipinski definition) is 1. The van der Waals surface area contributed by atoms with E-state index in [1.807, 2.05) is 0 Å². The highest BCUT2D eigenvalue weighted by Gasteiger charge is 2.24. The van der Waals surface area contributed by atoms with Crippen LogP contribution in [0.5, 0.6) is 0 Å². The van der Waals surface area contributed by atoms with Gasteiger partial charge < -0.3 is 9.52 Å². The van der Waals surface area contributed by atoms with E-state index >= 15 is 0 Å². The summed E-state index contributed by atoms with van der Waals surface area (Å²) in [4.78, 5) is 22.3. The largest absolute Gasteiger partial charge is 0.461 e. The Morgan fingerprint density at radius 3 is 2.77 bits per heavy atom. The van der Waals surface area contributed by atoms with Gasteiger partial charge in [-0.2, -0.15) is 0 Å². The van der Waals surface area contributed by atoms with E-state index in [-0.39, 0.29) is 12.2 Å². The lowest BCUT2D eigenvalue weighted by atomic mass is 10.1. The summed E-state index contributed by atoms with van der Waals surface area (Å²) in [5.74, 6) is -1.63. The first kappa shape index (κ1) is 9.67. The molecule has 0 radical (unpaired) electrons. The monoisotopic (exact) mass is 182 g/mol. The van der Waals surface area contributed by atoms with Crippen LogP contribution in [0.25, 0.3) is 0 Å². The van der Waals surface area contributed by atoms with Crippen LogP contribution < -0.4 is 0 Å². The number of carbonyl (C=O) groups excluding carboxylic acids is 2. The highest BCUT2D eigenvalue weighted by Crippen LogP contribution is 2.05. The Hall–Kier alpha value is -1.42. The van der Waals surface area contributed by atoms with Gasteiger partial charge in [-0.25, -0.2) is 0 Å². The van der Waals surface area contributed by atoms with Crippen molar-refractivity contribution in [1.29, 1.82) is 0 Å². The summed E-state index contributed by atoms with van der Waals surface area (Å²) in [7, 11) is 0. The van der Waals surface area contributed by atoms with E-state index in [0.29, 0.717) is 0 Å². The van der Waals surface area contributed by atoms with Gasteiger partial charge in [-0.3, -0.25) is 9.59 Å². The lowest BCUT2D eigenvalue weighted by molar-refractivity contribution is -0.122. The van der Waals surface area contributed by atoms with Crippen molar-refractivity contribution >= 4 is 11.6 Å². The molecule has 4 nitrogen and oxygen atoms in total. The molecule has 0 saturated heterocycles. The van der Waals surface area contributed by atoms with Gasteiger partial charge in [0.1, 0.15) is 6.10 Å². The molecule has 1 aromatic heterocycles. The first-order chi connectivity index (χ1) is 6.16. The van der Waals surface area contributed by atoms with Gasteiger partial charge in [0.15, 0.2) is 5.76 Å². The Balaban J connectivity index is 2.75. The van der Waals surface area contributed by atoms with Crippen LogP contribution in [0.1, 0.15) is 23.9 Å². The molecule has 0 amide bonds. The van der Waals surface area contributed by atoms with E-state index < -0.39 is 17.7 Å². The minimum atomic E-state index is -1.22. The summed E-state index contributed by atoms with van der Waals surface area (Å²) in [6, 6.07) is 2.90. The van der Waals surface area contributed by atoms with Crippen LogP contribution in [0.15, 0.2) is 22.8 Å². The van der Waals surface area contributed by atoms with Crippen molar-refractivity contribution in [2.45, 2.75) is 19.4 Å². The van der Waals surface area contributed by atoms with Gasteiger partial charge in [0.05, 0.1) is 6.26 Å². The van der Waals surface area contributed by atoms with Crippen LogP contribution in [0.4, 0.5) is 0 Å². The van der Waals surface area contributed by atoms with Gasteiger partial charge in [-0.1, -0.05) is 6.92 Å². The molecule has 0 bridgehead atoms. The maximum absolute atomic E-state index is 11.2. The lowest BCUT2D eigenvalue weighted by Crippen LogP contribution is -2.27. The van der Waals surface area contributed by atoms with Gasteiger partial charge in [0.2, 0.25) is 5.78 Å². The Kier molecular flexibility index (Phi) is 2.97. The van der Waals surface area contributed by atoms with E-state index in [1.165, 1.54) is 18.4 Å². The highest BCUT2D eigenvalue weighted by molar-refractivity contribution is 6.44. The maximum Gasteiger partial charge on any atom is 0.266 e. The third-order valence-electron chi connectivity index (χ3n) is 1.66. The summed E-state index contributed by atoms with van der Waals surface area (Å²) < 4.78 is 4.73. The van der Waals surface area contributed by atoms with Crippen LogP contribution in [0, 0.1) is 0 Å². The molecular weight excluding hydrogens is 172 g/mol. The highest BCUT2D eigenvalue weighted by atomic mass is 16.3. The minimum Gasteiger partial charge on any atom is -0.461 e. The third-order valence-corrected chi connectivity index (χ3v) is 1.66. The molecule has 13 heavy (non-hydrogen) atoms. The zero-order valence-electron chi connectivity index (χ0n) is 7.19. The molecule has 1 unspecified atom stereocenters. The molecule has 0 spiro atoms. The average Bonchev–Trinajstić information content (AvgIpc) is 2.67. The molecule has 1 heterocycles. The molecule has 1 atom stereocenters. The van der Waals surface area contributed by atoms with Crippen molar-refractivity contribution in [3.05, 3.63) is 24.2 Å². The van der Waals surface area contributed by atoms with Crippen molar-refractivity contribution in [3.8, 4) is 0 Å². The van der Waals surface area contributed by atoms with Gasteiger partial charge in [0, 0.05) is 0 Å². The number of rotatable bonds is 4. The molecule has 0 aromatic carbocycles. The molecule has 0 aliphatic carbocycles. The first-order valence-corrected chi connectivity index (χ1v) is 3.97. The molecule has 1 aromatic rings. The third kappa shape index (κ3) is 2.03. The van der Waals surface area contributed by atoms with Crippen LogP contribution in [-0.2, 0) is 4.79 Å². The van der Waals surface area contributed by atoms with Crippen LogP contribution in [-0.4, -0.2) is 22.8 Å². The number of carbonyl (C=O) groups is 2. The van der Waals surface area contributed by atoms with Crippen molar-refractivity contribution in [2.75, 3.05) is 0 Å². The lowest BCUT2D eigenvalue weighted by Gasteiger charge is -2.02. The number of furan rings is 1. The van der Waals surface area contributed by atoms with Crippen LogP contribution in [0.2, 0.25) is 0 Å². The van der Waals surface area contributed by atoms with Crippen molar-refractivity contribution in [3.63, 3.8) is 0 Å². The molecule has 0 saturated carbocycles.